The topological polar surface area (TPSA) is 93.4 Å². The highest BCUT2D eigenvalue weighted by molar-refractivity contribution is 7.92. The lowest BCUT2D eigenvalue weighted by atomic mass is 10.1. The van der Waals surface area contributed by atoms with E-state index in [9.17, 15) is 13.2 Å². The van der Waals surface area contributed by atoms with E-state index in [1.54, 1.807) is 41.0 Å². The number of rotatable bonds is 8. The molecule has 4 aromatic rings. The molecule has 0 radical (unpaired) electrons. The molecule has 0 spiro atoms. The summed E-state index contributed by atoms with van der Waals surface area (Å²) in [7, 11) is -3.40. The largest absolute Gasteiger partial charge is 0.287 e. The summed E-state index contributed by atoms with van der Waals surface area (Å²) in [6, 6.07) is 12.5. The van der Waals surface area contributed by atoms with Crippen molar-refractivity contribution in [2.45, 2.75) is 19.8 Å². The number of carbonyl (C=O) groups is 1. The van der Waals surface area contributed by atoms with Gasteiger partial charge in [0.1, 0.15) is 0 Å². The summed E-state index contributed by atoms with van der Waals surface area (Å²) in [5, 5.41) is 6.22. The first kappa shape index (κ1) is 20.2. The molecule has 0 amide bonds. The van der Waals surface area contributed by atoms with Crippen LogP contribution in [0.5, 0.6) is 0 Å². The molecule has 0 unspecified atom stereocenters. The van der Waals surface area contributed by atoms with Gasteiger partial charge >= 0.3 is 0 Å². The van der Waals surface area contributed by atoms with Crippen LogP contribution >= 0.6 is 11.3 Å². The van der Waals surface area contributed by atoms with Gasteiger partial charge in [0.05, 0.1) is 28.1 Å². The average molecular weight is 441 g/mol. The van der Waals surface area contributed by atoms with Gasteiger partial charge in [0.15, 0.2) is 5.65 Å². The van der Waals surface area contributed by atoms with Gasteiger partial charge in [-0.25, -0.2) is 17.9 Å². The number of nitrogens with one attached hydrogen (secondary N) is 1. The van der Waals surface area contributed by atoms with Gasteiger partial charge in [0, 0.05) is 17.4 Å². The molecule has 1 N–H and O–H groups in total. The summed E-state index contributed by atoms with van der Waals surface area (Å²) in [5.74, 6) is -0.0392. The van der Waals surface area contributed by atoms with E-state index in [0.29, 0.717) is 33.9 Å². The Labute approximate surface area is 178 Å². The van der Waals surface area contributed by atoms with E-state index < -0.39 is 10.0 Å². The van der Waals surface area contributed by atoms with Crippen molar-refractivity contribution < 1.29 is 13.2 Å². The number of anilines is 1. The normalized spacial score (nSPS) is 11.6. The molecule has 154 valence electrons. The van der Waals surface area contributed by atoms with Gasteiger partial charge in [0.25, 0.3) is 0 Å². The van der Waals surface area contributed by atoms with E-state index >= 15 is 0 Å². The highest BCUT2D eigenvalue weighted by Gasteiger charge is 2.18. The highest BCUT2D eigenvalue weighted by Crippen LogP contribution is 2.25. The molecule has 0 saturated heterocycles. The van der Waals surface area contributed by atoms with Gasteiger partial charge in [-0.05, 0) is 36.1 Å². The quantitative estimate of drug-likeness (QED) is 0.414. The minimum absolute atomic E-state index is 0.0839. The summed E-state index contributed by atoms with van der Waals surface area (Å²) in [4.78, 5) is 17.7. The van der Waals surface area contributed by atoms with Gasteiger partial charge < -0.3 is 0 Å². The van der Waals surface area contributed by atoms with Crippen molar-refractivity contribution in [1.82, 2.24) is 14.6 Å². The second-order valence-electron chi connectivity index (χ2n) is 6.79. The van der Waals surface area contributed by atoms with Crippen molar-refractivity contribution in [3.63, 3.8) is 0 Å². The lowest BCUT2D eigenvalue weighted by Gasteiger charge is -2.10. The first-order valence-electron chi connectivity index (χ1n) is 9.50. The summed E-state index contributed by atoms with van der Waals surface area (Å²) >= 11 is 1.37. The monoisotopic (exact) mass is 440 g/mol. The van der Waals surface area contributed by atoms with E-state index in [4.69, 9.17) is 0 Å². The van der Waals surface area contributed by atoms with Crippen LogP contribution in [0, 0.1) is 0 Å². The fourth-order valence-corrected chi connectivity index (χ4v) is 5.05. The van der Waals surface area contributed by atoms with Gasteiger partial charge in [0.2, 0.25) is 15.8 Å². The van der Waals surface area contributed by atoms with Gasteiger partial charge in [-0.2, -0.15) is 5.10 Å². The number of benzene rings is 1. The molecule has 3 heterocycles. The van der Waals surface area contributed by atoms with Gasteiger partial charge in [-0.15, -0.1) is 11.3 Å². The van der Waals surface area contributed by atoms with E-state index in [-0.39, 0.29) is 11.5 Å². The molecule has 4 rings (SSSR count). The lowest BCUT2D eigenvalue weighted by Crippen LogP contribution is -2.16. The molecule has 0 bridgehead atoms. The van der Waals surface area contributed by atoms with Crippen LogP contribution in [0.2, 0.25) is 0 Å². The second kappa shape index (κ2) is 8.37. The third kappa shape index (κ3) is 4.12. The molecule has 9 heteroatoms. The minimum atomic E-state index is -3.40. The smallest absolute Gasteiger partial charge is 0.232 e. The molecule has 0 aliphatic rings. The van der Waals surface area contributed by atoms with Crippen LogP contribution in [-0.2, 0) is 10.0 Å². The van der Waals surface area contributed by atoms with Crippen LogP contribution in [0.4, 0.5) is 5.69 Å². The van der Waals surface area contributed by atoms with E-state index in [0.717, 1.165) is 12.0 Å². The molecule has 0 saturated carbocycles. The molecule has 0 fully saturated rings. The average Bonchev–Trinajstić information content (AvgIpc) is 3.41. The molecule has 0 atom stereocenters. The molecular weight excluding hydrogens is 420 g/mol. The van der Waals surface area contributed by atoms with E-state index in [1.807, 2.05) is 24.4 Å². The number of ketones is 1. The summed E-state index contributed by atoms with van der Waals surface area (Å²) < 4.78 is 28.7. The van der Waals surface area contributed by atoms with Crippen molar-refractivity contribution >= 4 is 38.5 Å². The van der Waals surface area contributed by atoms with Crippen molar-refractivity contribution in [3.8, 4) is 11.3 Å². The Morgan fingerprint density at radius 3 is 2.83 bits per heavy atom. The van der Waals surface area contributed by atoms with E-state index in [1.165, 1.54) is 17.5 Å². The Hall–Kier alpha value is -3.04. The number of fused-ring (bicyclic) bond motifs is 1. The Bertz CT molecular complexity index is 1300. The van der Waals surface area contributed by atoms with Crippen LogP contribution in [0.3, 0.4) is 0 Å². The lowest BCUT2D eigenvalue weighted by molar-refractivity contribution is 0.104. The van der Waals surface area contributed by atoms with Crippen molar-refractivity contribution in [1.29, 1.82) is 0 Å². The third-order valence-corrected chi connectivity index (χ3v) is 6.83. The third-order valence-electron chi connectivity index (χ3n) is 4.59. The fourth-order valence-electron chi connectivity index (χ4n) is 3.12. The predicted octanol–water partition coefficient (Wildman–Crippen LogP) is 4.23. The zero-order valence-corrected chi connectivity index (χ0v) is 17.9. The van der Waals surface area contributed by atoms with Crippen molar-refractivity contribution in [2.75, 3.05) is 10.5 Å². The van der Waals surface area contributed by atoms with Crippen molar-refractivity contribution in [2.24, 2.45) is 0 Å². The Balaban J connectivity index is 1.70. The molecular formula is C21H20N4O3S2. The van der Waals surface area contributed by atoms with Gasteiger partial charge in [-0.3, -0.25) is 9.52 Å². The first-order chi connectivity index (χ1) is 14.5. The maximum Gasteiger partial charge on any atom is 0.232 e. The second-order valence-corrected chi connectivity index (χ2v) is 9.58. The first-order valence-corrected chi connectivity index (χ1v) is 12.0. The minimum Gasteiger partial charge on any atom is -0.287 e. The highest BCUT2D eigenvalue weighted by atomic mass is 32.2. The SMILES string of the molecule is CCCCS(=O)(=O)Nc1cccc(-c2ccnc3c(C(=O)c4cccs4)cnn23)c1. The van der Waals surface area contributed by atoms with Crippen LogP contribution in [-0.4, -0.2) is 34.6 Å². The number of nitrogens with zero attached hydrogens (tertiary/aromatic N) is 3. The standard InChI is InChI=1S/C21H20N4O3S2/c1-2-3-12-30(27,28)24-16-7-4-6-15(13-16)18-9-10-22-21-17(14-23-25(18)21)20(26)19-8-5-11-29-19/h4-11,13-14,24H,2-3,12H2,1H3. The molecule has 7 nitrogen and oxygen atoms in total. The van der Waals surface area contributed by atoms with Crippen LogP contribution in [0.25, 0.3) is 16.9 Å². The van der Waals surface area contributed by atoms with Gasteiger partial charge in [-0.1, -0.05) is 31.5 Å². The number of sulfonamides is 1. The zero-order valence-electron chi connectivity index (χ0n) is 16.3. The molecule has 0 aliphatic heterocycles. The Morgan fingerprint density at radius 1 is 1.20 bits per heavy atom. The number of unbranched alkanes of at least 4 members (excludes halogenated alkanes) is 1. The molecule has 0 aliphatic carbocycles. The number of thiophene rings is 1. The molecule has 3 aromatic heterocycles. The van der Waals surface area contributed by atoms with Crippen LogP contribution < -0.4 is 4.72 Å². The number of hydrogen-bond donors (Lipinski definition) is 1. The maximum absolute atomic E-state index is 12.8. The Kier molecular flexibility index (Phi) is 5.65. The molecule has 30 heavy (non-hydrogen) atoms. The maximum atomic E-state index is 12.8. The van der Waals surface area contributed by atoms with Crippen LogP contribution in [0.1, 0.15) is 35.0 Å². The summed E-state index contributed by atoms with van der Waals surface area (Å²) in [6.07, 6.45) is 4.55. The summed E-state index contributed by atoms with van der Waals surface area (Å²) in [6.45, 7) is 1.95. The molecule has 1 aromatic carbocycles. The summed E-state index contributed by atoms with van der Waals surface area (Å²) in [5.41, 5.74) is 2.84. The Morgan fingerprint density at radius 2 is 2.07 bits per heavy atom. The predicted molar refractivity (Wildman–Crippen MR) is 118 cm³/mol. The van der Waals surface area contributed by atoms with Crippen molar-refractivity contribution in [3.05, 3.63) is 70.7 Å². The number of hydrogen-bond acceptors (Lipinski definition) is 6. The fraction of sp³-hybridized carbons (Fsp3) is 0.190. The zero-order chi connectivity index (χ0) is 21.1. The number of aromatic nitrogens is 3. The van der Waals surface area contributed by atoms with E-state index in [2.05, 4.69) is 14.8 Å². The number of carbonyl (C=O) groups excluding carboxylic acids is 1. The van der Waals surface area contributed by atoms with Crippen LogP contribution in [0.15, 0.2) is 60.2 Å².